The molecular formula is C18H26O4S. The molecule has 0 spiro atoms. The van der Waals surface area contributed by atoms with Crippen molar-refractivity contribution in [3.8, 4) is 0 Å². The van der Waals surface area contributed by atoms with E-state index in [-0.39, 0.29) is 17.1 Å². The highest BCUT2D eigenvalue weighted by Gasteiger charge is 2.46. The molecule has 0 aliphatic carbocycles. The van der Waals surface area contributed by atoms with Gasteiger partial charge in [0, 0.05) is 19.6 Å². The summed E-state index contributed by atoms with van der Waals surface area (Å²) in [6, 6.07) is 9.88. The SMILES string of the molecule is CCOC1(OCC)CC[C@@H](C(=O)SCC)[C@H](c2ccccc2)O1. The van der Waals surface area contributed by atoms with Crippen molar-refractivity contribution in [2.75, 3.05) is 19.0 Å². The molecule has 0 unspecified atom stereocenters. The average Bonchev–Trinajstić information content (AvgIpc) is 2.56. The summed E-state index contributed by atoms with van der Waals surface area (Å²) in [6.07, 6.45) is 0.930. The zero-order chi connectivity index (χ0) is 16.7. The van der Waals surface area contributed by atoms with E-state index in [4.69, 9.17) is 14.2 Å². The first-order valence-corrected chi connectivity index (χ1v) is 9.31. The highest BCUT2D eigenvalue weighted by molar-refractivity contribution is 8.13. The number of ether oxygens (including phenoxy) is 3. The van der Waals surface area contributed by atoms with E-state index in [2.05, 4.69) is 0 Å². The van der Waals surface area contributed by atoms with Gasteiger partial charge in [0.2, 0.25) is 0 Å². The van der Waals surface area contributed by atoms with Crippen molar-refractivity contribution in [2.24, 2.45) is 5.92 Å². The van der Waals surface area contributed by atoms with Gasteiger partial charge in [-0.05, 0) is 31.6 Å². The summed E-state index contributed by atoms with van der Waals surface area (Å²) >= 11 is 1.36. The van der Waals surface area contributed by atoms with Crippen LogP contribution in [-0.2, 0) is 19.0 Å². The number of carbonyl (C=O) groups excluding carboxylic acids is 1. The van der Waals surface area contributed by atoms with Gasteiger partial charge in [0.25, 0.3) is 5.97 Å². The van der Waals surface area contributed by atoms with Crippen LogP contribution in [0.4, 0.5) is 0 Å². The van der Waals surface area contributed by atoms with Gasteiger partial charge in [-0.3, -0.25) is 4.79 Å². The summed E-state index contributed by atoms with van der Waals surface area (Å²) in [5.41, 5.74) is 0.992. The van der Waals surface area contributed by atoms with Crippen LogP contribution in [0.3, 0.4) is 0 Å². The van der Waals surface area contributed by atoms with Gasteiger partial charge in [0.15, 0.2) is 5.12 Å². The van der Waals surface area contributed by atoms with Crippen molar-refractivity contribution < 1.29 is 19.0 Å². The Hall–Kier alpha value is -0.880. The highest BCUT2D eigenvalue weighted by atomic mass is 32.2. The van der Waals surface area contributed by atoms with Gasteiger partial charge < -0.3 is 14.2 Å². The summed E-state index contributed by atoms with van der Waals surface area (Å²) in [5.74, 6) is -0.437. The zero-order valence-electron chi connectivity index (χ0n) is 14.1. The Balaban J connectivity index is 2.28. The lowest BCUT2D eigenvalue weighted by Gasteiger charge is -2.43. The summed E-state index contributed by atoms with van der Waals surface area (Å²) < 4.78 is 17.8. The Labute approximate surface area is 142 Å². The van der Waals surface area contributed by atoms with E-state index in [0.29, 0.717) is 26.1 Å². The van der Waals surface area contributed by atoms with E-state index in [1.54, 1.807) is 0 Å². The summed E-state index contributed by atoms with van der Waals surface area (Å²) in [4.78, 5) is 12.5. The molecular weight excluding hydrogens is 312 g/mol. The Kier molecular flexibility index (Phi) is 7.09. The molecule has 1 fully saturated rings. The molecule has 0 saturated carbocycles. The van der Waals surface area contributed by atoms with E-state index in [0.717, 1.165) is 11.3 Å². The number of thioether (sulfide) groups is 1. The molecule has 1 heterocycles. The minimum Gasteiger partial charge on any atom is -0.328 e. The fourth-order valence-corrected chi connectivity index (χ4v) is 3.69. The van der Waals surface area contributed by atoms with Gasteiger partial charge in [-0.25, -0.2) is 0 Å². The molecule has 2 rings (SSSR count). The maximum Gasteiger partial charge on any atom is 0.283 e. The number of hydrogen-bond acceptors (Lipinski definition) is 5. The van der Waals surface area contributed by atoms with Crippen LogP contribution in [-0.4, -0.2) is 30.1 Å². The molecule has 0 amide bonds. The fraction of sp³-hybridized carbons (Fsp3) is 0.611. The minimum atomic E-state index is -1.04. The molecule has 0 radical (unpaired) electrons. The summed E-state index contributed by atoms with van der Waals surface area (Å²) in [5, 5.41) is 0.183. The Morgan fingerprint density at radius 3 is 2.43 bits per heavy atom. The number of carbonyl (C=O) groups is 1. The number of benzene rings is 1. The van der Waals surface area contributed by atoms with E-state index in [9.17, 15) is 4.79 Å². The maximum absolute atomic E-state index is 12.5. The lowest BCUT2D eigenvalue weighted by Crippen LogP contribution is -2.47. The standard InChI is InChI=1S/C18H26O4S/c1-4-20-18(21-5-2)13-12-15(17(19)23-6-3)16(22-18)14-10-8-7-9-11-14/h7-11,15-16H,4-6,12-13H2,1-3H3/t15-,16+/m1/s1. The second-order valence-electron chi connectivity index (χ2n) is 5.40. The number of rotatable bonds is 7. The van der Waals surface area contributed by atoms with Crippen molar-refractivity contribution in [1.82, 2.24) is 0 Å². The molecule has 1 aromatic rings. The van der Waals surface area contributed by atoms with E-state index in [1.807, 2.05) is 51.1 Å². The Morgan fingerprint density at radius 1 is 1.22 bits per heavy atom. The van der Waals surface area contributed by atoms with Crippen LogP contribution in [0, 0.1) is 5.92 Å². The average molecular weight is 338 g/mol. The number of hydrogen-bond donors (Lipinski definition) is 0. The summed E-state index contributed by atoms with van der Waals surface area (Å²) in [6.45, 7) is 6.85. The third-order valence-corrected chi connectivity index (χ3v) is 4.76. The molecule has 1 aliphatic heterocycles. The molecule has 128 valence electrons. The van der Waals surface area contributed by atoms with Gasteiger partial charge >= 0.3 is 0 Å². The molecule has 4 nitrogen and oxygen atoms in total. The summed E-state index contributed by atoms with van der Waals surface area (Å²) in [7, 11) is 0. The maximum atomic E-state index is 12.5. The van der Waals surface area contributed by atoms with Gasteiger partial charge in [-0.2, -0.15) is 0 Å². The first-order valence-electron chi connectivity index (χ1n) is 8.33. The quantitative estimate of drug-likeness (QED) is 0.699. The van der Waals surface area contributed by atoms with Gasteiger partial charge in [0.05, 0.1) is 12.0 Å². The van der Waals surface area contributed by atoms with E-state index in [1.165, 1.54) is 11.8 Å². The minimum absolute atomic E-state index is 0.170. The van der Waals surface area contributed by atoms with E-state index < -0.39 is 5.97 Å². The van der Waals surface area contributed by atoms with Crippen LogP contribution in [0.25, 0.3) is 0 Å². The monoisotopic (exact) mass is 338 g/mol. The van der Waals surface area contributed by atoms with Crippen molar-refractivity contribution in [2.45, 2.75) is 45.7 Å². The van der Waals surface area contributed by atoms with Gasteiger partial charge in [-0.1, -0.05) is 49.0 Å². The van der Waals surface area contributed by atoms with Gasteiger partial charge in [0.1, 0.15) is 0 Å². The smallest absolute Gasteiger partial charge is 0.283 e. The molecule has 1 aromatic carbocycles. The Bertz CT molecular complexity index is 485. The van der Waals surface area contributed by atoms with Crippen molar-refractivity contribution in [3.63, 3.8) is 0 Å². The molecule has 2 atom stereocenters. The molecule has 0 N–H and O–H groups in total. The normalized spacial score (nSPS) is 23.6. The van der Waals surface area contributed by atoms with Crippen LogP contribution in [0.2, 0.25) is 0 Å². The molecule has 0 bridgehead atoms. The molecule has 1 aliphatic rings. The third-order valence-electron chi connectivity index (χ3n) is 3.88. The molecule has 1 saturated heterocycles. The molecule has 5 heteroatoms. The van der Waals surface area contributed by atoms with Crippen LogP contribution in [0.15, 0.2) is 30.3 Å². The second-order valence-corrected chi connectivity index (χ2v) is 6.66. The van der Waals surface area contributed by atoms with Crippen LogP contribution >= 0.6 is 11.8 Å². The predicted molar refractivity (Wildman–Crippen MR) is 92.1 cm³/mol. The molecule has 0 aromatic heterocycles. The van der Waals surface area contributed by atoms with Crippen LogP contribution in [0.5, 0.6) is 0 Å². The molecule has 23 heavy (non-hydrogen) atoms. The van der Waals surface area contributed by atoms with Crippen molar-refractivity contribution in [3.05, 3.63) is 35.9 Å². The lowest BCUT2D eigenvalue weighted by atomic mass is 9.89. The van der Waals surface area contributed by atoms with Gasteiger partial charge in [-0.15, -0.1) is 0 Å². The third kappa shape index (κ3) is 4.57. The first kappa shape index (κ1) is 18.5. The van der Waals surface area contributed by atoms with Crippen LogP contribution in [0.1, 0.15) is 45.3 Å². The van der Waals surface area contributed by atoms with Crippen molar-refractivity contribution in [1.29, 1.82) is 0 Å². The van der Waals surface area contributed by atoms with Crippen molar-refractivity contribution >= 4 is 16.9 Å². The second kappa shape index (κ2) is 8.83. The Morgan fingerprint density at radius 2 is 1.87 bits per heavy atom. The lowest BCUT2D eigenvalue weighted by molar-refractivity contribution is -0.412. The van der Waals surface area contributed by atoms with Crippen LogP contribution < -0.4 is 0 Å². The zero-order valence-corrected chi connectivity index (χ0v) is 14.9. The first-order chi connectivity index (χ1) is 11.2. The fourth-order valence-electron chi connectivity index (χ4n) is 2.95. The van der Waals surface area contributed by atoms with E-state index >= 15 is 0 Å². The highest BCUT2D eigenvalue weighted by Crippen LogP contribution is 2.44. The predicted octanol–water partition coefficient (Wildman–Crippen LogP) is 4.16. The topological polar surface area (TPSA) is 44.8 Å². The largest absolute Gasteiger partial charge is 0.328 e.